The molecule has 0 aliphatic carbocycles. The molecule has 6 nitrogen and oxygen atoms in total. The Labute approximate surface area is 148 Å². The van der Waals surface area contributed by atoms with Crippen molar-refractivity contribution in [3.8, 4) is 22.8 Å². The molecule has 4 rings (SSSR count). The van der Waals surface area contributed by atoms with Crippen molar-refractivity contribution >= 4 is 11.8 Å². The fourth-order valence-electron chi connectivity index (χ4n) is 2.82. The molecule has 130 valence electrons. The summed E-state index contributed by atoms with van der Waals surface area (Å²) in [4.78, 5) is 25.3. The van der Waals surface area contributed by atoms with Crippen LogP contribution in [0.3, 0.4) is 0 Å². The van der Waals surface area contributed by atoms with Crippen LogP contribution < -0.4 is 9.47 Å². The lowest BCUT2D eigenvalue weighted by molar-refractivity contribution is 0.0598. The highest BCUT2D eigenvalue weighted by atomic mass is 16.7. The van der Waals surface area contributed by atoms with Gasteiger partial charge < -0.3 is 18.6 Å². The molecule has 0 atom stereocenters. The molecule has 6 heteroatoms. The number of fused-ring (bicyclic) bond motifs is 1. The topological polar surface area (TPSA) is 75.0 Å². The Morgan fingerprint density at radius 3 is 2.54 bits per heavy atom. The normalized spacial score (nSPS) is 12.0. The minimum Gasteiger partial charge on any atom is -0.465 e. The Bertz CT molecular complexity index is 987. The molecule has 1 aliphatic heterocycles. The lowest BCUT2D eigenvalue weighted by Gasteiger charge is -2.05. The van der Waals surface area contributed by atoms with Crippen LogP contribution in [0.2, 0.25) is 0 Å². The summed E-state index contributed by atoms with van der Waals surface area (Å²) in [6.45, 7) is 0.115. The molecule has 0 bridgehead atoms. The summed E-state index contributed by atoms with van der Waals surface area (Å²) in [5.74, 6) is 0.354. The van der Waals surface area contributed by atoms with Crippen LogP contribution in [0.15, 0.2) is 59.2 Å². The van der Waals surface area contributed by atoms with Gasteiger partial charge in [-0.15, -0.1) is 0 Å². The molecule has 2 heterocycles. The van der Waals surface area contributed by atoms with Gasteiger partial charge >= 0.3 is 5.97 Å². The molecule has 3 aromatic rings. The number of rotatable bonds is 4. The van der Waals surface area contributed by atoms with E-state index in [1.807, 2.05) is 18.2 Å². The highest BCUT2D eigenvalue weighted by Crippen LogP contribution is 2.35. The van der Waals surface area contributed by atoms with Crippen LogP contribution in [-0.2, 0) is 4.74 Å². The lowest BCUT2D eigenvalue weighted by atomic mass is 9.98. The van der Waals surface area contributed by atoms with Gasteiger partial charge in [0.2, 0.25) is 6.79 Å². The number of ketones is 1. The zero-order valence-corrected chi connectivity index (χ0v) is 13.9. The average molecular weight is 350 g/mol. The summed E-state index contributed by atoms with van der Waals surface area (Å²) in [5, 5.41) is 0. The third-order valence-corrected chi connectivity index (χ3v) is 4.10. The van der Waals surface area contributed by atoms with Crippen molar-refractivity contribution in [1.82, 2.24) is 0 Å². The molecular weight excluding hydrogens is 336 g/mol. The minimum atomic E-state index is -0.637. The average Bonchev–Trinajstić information content (AvgIpc) is 3.33. The van der Waals surface area contributed by atoms with Crippen molar-refractivity contribution < 1.29 is 28.2 Å². The van der Waals surface area contributed by atoms with Crippen LogP contribution in [0.5, 0.6) is 11.5 Å². The number of carbonyl (C=O) groups is 2. The lowest BCUT2D eigenvalue weighted by Crippen LogP contribution is -2.10. The van der Waals surface area contributed by atoms with E-state index >= 15 is 0 Å². The highest BCUT2D eigenvalue weighted by Gasteiger charge is 2.28. The first kappa shape index (κ1) is 16.0. The number of benzene rings is 2. The number of esters is 1. The predicted molar refractivity (Wildman–Crippen MR) is 91.5 cm³/mol. The quantitative estimate of drug-likeness (QED) is 0.528. The number of ether oxygens (including phenoxy) is 3. The zero-order chi connectivity index (χ0) is 18.1. The van der Waals surface area contributed by atoms with E-state index in [-0.39, 0.29) is 23.7 Å². The van der Waals surface area contributed by atoms with Crippen molar-refractivity contribution in [3.05, 3.63) is 71.5 Å². The van der Waals surface area contributed by atoms with Crippen molar-refractivity contribution in [2.45, 2.75) is 0 Å². The Balaban J connectivity index is 1.80. The maximum Gasteiger partial charge on any atom is 0.342 e. The Hall–Kier alpha value is -3.54. The minimum absolute atomic E-state index is 0.0985. The van der Waals surface area contributed by atoms with Crippen molar-refractivity contribution in [1.29, 1.82) is 0 Å². The van der Waals surface area contributed by atoms with Crippen LogP contribution in [0, 0.1) is 0 Å². The van der Waals surface area contributed by atoms with Crippen LogP contribution in [0.4, 0.5) is 0 Å². The molecule has 0 fully saturated rings. The van der Waals surface area contributed by atoms with Crippen LogP contribution in [0.25, 0.3) is 11.3 Å². The monoisotopic (exact) mass is 350 g/mol. The number of hydrogen-bond acceptors (Lipinski definition) is 6. The Morgan fingerprint density at radius 1 is 1.00 bits per heavy atom. The number of furan rings is 1. The van der Waals surface area contributed by atoms with E-state index in [2.05, 4.69) is 0 Å². The van der Waals surface area contributed by atoms with E-state index in [4.69, 9.17) is 18.6 Å². The van der Waals surface area contributed by atoms with Gasteiger partial charge in [0.25, 0.3) is 0 Å². The van der Waals surface area contributed by atoms with E-state index in [1.54, 1.807) is 30.3 Å². The SMILES string of the molecule is COC(=O)c1c(C(=O)c2ccc3c(c2)OCO3)coc1-c1ccccc1. The van der Waals surface area contributed by atoms with Crippen molar-refractivity contribution in [2.24, 2.45) is 0 Å². The number of carbonyl (C=O) groups excluding carboxylic acids is 2. The summed E-state index contributed by atoms with van der Waals surface area (Å²) >= 11 is 0. The van der Waals surface area contributed by atoms with E-state index in [0.717, 1.165) is 0 Å². The molecule has 0 saturated carbocycles. The van der Waals surface area contributed by atoms with Crippen LogP contribution in [0.1, 0.15) is 26.3 Å². The summed E-state index contributed by atoms with van der Waals surface area (Å²) in [7, 11) is 1.26. The molecule has 0 spiro atoms. The third kappa shape index (κ3) is 2.61. The second kappa shape index (κ2) is 6.40. The molecule has 0 amide bonds. The van der Waals surface area contributed by atoms with Gasteiger partial charge in [0.05, 0.1) is 12.7 Å². The molecule has 0 unspecified atom stereocenters. The third-order valence-electron chi connectivity index (χ3n) is 4.10. The van der Waals surface area contributed by atoms with Gasteiger partial charge in [-0.25, -0.2) is 4.79 Å². The molecule has 0 N–H and O–H groups in total. The zero-order valence-electron chi connectivity index (χ0n) is 13.9. The van der Waals surface area contributed by atoms with Gasteiger partial charge in [-0.1, -0.05) is 30.3 Å². The molecule has 0 saturated heterocycles. The summed E-state index contributed by atoms with van der Waals surface area (Å²) in [5.41, 5.74) is 1.27. The second-order valence-electron chi connectivity index (χ2n) is 5.61. The van der Waals surface area contributed by atoms with Crippen LogP contribution in [-0.4, -0.2) is 25.7 Å². The maximum atomic E-state index is 13.0. The van der Waals surface area contributed by atoms with Gasteiger partial charge in [0, 0.05) is 11.1 Å². The first-order valence-corrected chi connectivity index (χ1v) is 7.88. The fourth-order valence-corrected chi connectivity index (χ4v) is 2.82. The Kier molecular flexibility index (Phi) is 3.93. The van der Waals surface area contributed by atoms with E-state index in [1.165, 1.54) is 13.4 Å². The molecule has 26 heavy (non-hydrogen) atoms. The first-order valence-electron chi connectivity index (χ1n) is 7.88. The van der Waals surface area contributed by atoms with Gasteiger partial charge in [0.1, 0.15) is 17.6 Å². The smallest absolute Gasteiger partial charge is 0.342 e. The summed E-state index contributed by atoms with van der Waals surface area (Å²) in [6.07, 6.45) is 1.28. The van der Waals surface area contributed by atoms with E-state index in [0.29, 0.717) is 28.4 Å². The molecule has 0 radical (unpaired) electrons. The van der Waals surface area contributed by atoms with Gasteiger partial charge in [-0.2, -0.15) is 0 Å². The highest BCUT2D eigenvalue weighted by molar-refractivity contribution is 6.16. The van der Waals surface area contributed by atoms with E-state index in [9.17, 15) is 9.59 Å². The Morgan fingerprint density at radius 2 is 1.77 bits per heavy atom. The van der Waals surface area contributed by atoms with E-state index < -0.39 is 5.97 Å². The van der Waals surface area contributed by atoms with Crippen molar-refractivity contribution in [3.63, 3.8) is 0 Å². The van der Waals surface area contributed by atoms with Crippen LogP contribution >= 0.6 is 0 Å². The number of methoxy groups -OCH3 is 1. The van der Waals surface area contributed by atoms with Gasteiger partial charge in [-0.3, -0.25) is 4.79 Å². The summed E-state index contributed by atoms with van der Waals surface area (Å²) in [6, 6.07) is 13.9. The maximum absolute atomic E-state index is 13.0. The summed E-state index contributed by atoms with van der Waals surface area (Å²) < 4.78 is 21.0. The predicted octanol–water partition coefficient (Wildman–Crippen LogP) is 3.69. The molecule has 1 aromatic heterocycles. The second-order valence-corrected chi connectivity index (χ2v) is 5.61. The van der Waals surface area contributed by atoms with Gasteiger partial charge in [-0.05, 0) is 18.2 Å². The van der Waals surface area contributed by atoms with Crippen molar-refractivity contribution in [2.75, 3.05) is 13.9 Å². The molecular formula is C20H14O6. The van der Waals surface area contributed by atoms with Gasteiger partial charge in [0.15, 0.2) is 17.3 Å². The molecule has 2 aromatic carbocycles. The standard InChI is InChI=1S/C20H14O6/c1-23-20(22)17-14(10-24-19(17)12-5-3-2-4-6-12)18(21)13-7-8-15-16(9-13)26-11-25-15/h2-10H,11H2,1H3. The fraction of sp³-hybridized carbons (Fsp3) is 0.100. The first-order chi connectivity index (χ1) is 12.7. The largest absolute Gasteiger partial charge is 0.465 e. The number of hydrogen-bond donors (Lipinski definition) is 0. The molecule has 1 aliphatic rings.